The molecule has 0 heterocycles. The number of nitrogens with zero attached hydrogens (tertiary/aromatic N) is 1. The molecular weight excluding hydrogens is 242 g/mol. The van der Waals surface area contributed by atoms with Crippen LogP contribution in [0.15, 0.2) is 60.7 Å². The van der Waals surface area contributed by atoms with E-state index in [4.69, 9.17) is 0 Å². The molecule has 1 nitrogen and oxygen atoms in total. The van der Waals surface area contributed by atoms with Crippen LogP contribution in [0.2, 0.25) is 0 Å². The zero-order chi connectivity index (χ0) is 14.2. The summed E-state index contributed by atoms with van der Waals surface area (Å²) in [7, 11) is 3.98. The molecule has 2 aromatic rings. The van der Waals surface area contributed by atoms with E-state index in [1.54, 1.807) is 0 Å². The summed E-state index contributed by atoms with van der Waals surface area (Å²) in [6, 6.07) is 19.9. The molecule has 0 bridgehead atoms. The highest BCUT2D eigenvalue weighted by atomic mass is 15.1. The lowest BCUT2D eigenvalue weighted by Crippen LogP contribution is -2.24. The van der Waals surface area contributed by atoms with Crippen LogP contribution in [0.1, 0.15) is 11.1 Å². The third-order valence-electron chi connectivity index (χ3n) is 2.77. The molecular formula is C19H17N. The molecule has 0 atom stereocenters. The molecule has 0 fully saturated rings. The van der Waals surface area contributed by atoms with Crippen LogP contribution in [0.4, 0.5) is 0 Å². The van der Waals surface area contributed by atoms with Crippen molar-refractivity contribution in [1.82, 2.24) is 4.90 Å². The molecule has 0 aliphatic heterocycles. The van der Waals surface area contributed by atoms with Gasteiger partial charge in [0.25, 0.3) is 0 Å². The summed E-state index contributed by atoms with van der Waals surface area (Å²) in [6.45, 7) is 0. The highest BCUT2D eigenvalue weighted by Gasteiger charge is 2.02. The molecule has 0 N–H and O–H groups in total. The van der Waals surface area contributed by atoms with Crippen molar-refractivity contribution in [2.75, 3.05) is 14.1 Å². The SMILES string of the molecule is CN(C)C(C#Cc1ccccc1)C#Cc1ccccc1. The normalized spacial score (nSPS) is 9.60. The van der Waals surface area contributed by atoms with Crippen LogP contribution in [0, 0.1) is 23.7 Å². The van der Waals surface area contributed by atoms with Gasteiger partial charge in [-0.25, -0.2) is 0 Å². The maximum Gasteiger partial charge on any atom is 0.134 e. The minimum absolute atomic E-state index is 0.0737. The lowest BCUT2D eigenvalue weighted by molar-refractivity contribution is 0.409. The first-order chi connectivity index (χ1) is 9.75. The Balaban J connectivity index is 2.18. The Morgan fingerprint density at radius 3 is 1.45 bits per heavy atom. The first kappa shape index (κ1) is 13.9. The first-order valence-electron chi connectivity index (χ1n) is 6.55. The van der Waals surface area contributed by atoms with Crippen LogP contribution >= 0.6 is 0 Å². The molecule has 0 saturated heterocycles. The molecule has 0 amide bonds. The van der Waals surface area contributed by atoms with Crippen LogP contribution in [0.5, 0.6) is 0 Å². The molecule has 0 unspecified atom stereocenters. The molecule has 2 aromatic carbocycles. The van der Waals surface area contributed by atoms with Gasteiger partial charge in [0.15, 0.2) is 0 Å². The fourth-order valence-electron chi connectivity index (χ4n) is 1.64. The summed E-state index contributed by atoms with van der Waals surface area (Å²) in [5.74, 6) is 12.8. The van der Waals surface area contributed by atoms with E-state index in [-0.39, 0.29) is 6.04 Å². The highest BCUT2D eigenvalue weighted by molar-refractivity contribution is 5.40. The number of hydrogen-bond acceptors (Lipinski definition) is 1. The zero-order valence-electron chi connectivity index (χ0n) is 11.8. The summed E-state index contributed by atoms with van der Waals surface area (Å²) >= 11 is 0. The topological polar surface area (TPSA) is 3.24 Å². The van der Waals surface area contributed by atoms with Gasteiger partial charge in [0.2, 0.25) is 0 Å². The summed E-state index contributed by atoms with van der Waals surface area (Å²) in [5.41, 5.74) is 2.03. The summed E-state index contributed by atoms with van der Waals surface area (Å²) in [5, 5.41) is 0. The Kier molecular flexibility index (Phi) is 5.01. The van der Waals surface area contributed by atoms with E-state index in [2.05, 4.69) is 23.7 Å². The number of benzene rings is 2. The van der Waals surface area contributed by atoms with Gasteiger partial charge in [0, 0.05) is 11.1 Å². The van der Waals surface area contributed by atoms with Gasteiger partial charge in [-0.1, -0.05) is 60.1 Å². The van der Waals surface area contributed by atoms with E-state index >= 15 is 0 Å². The summed E-state index contributed by atoms with van der Waals surface area (Å²) in [4.78, 5) is 2.02. The second-order valence-corrected chi connectivity index (χ2v) is 4.64. The van der Waals surface area contributed by atoms with Gasteiger partial charge in [-0.2, -0.15) is 0 Å². The monoisotopic (exact) mass is 259 g/mol. The average Bonchev–Trinajstić information content (AvgIpc) is 2.49. The van der Waals surface area contributed by atoms with Crippen LogP contribution < -0.4 is 0 Å². The Hall–Kier alpha value is -2.48. The maximum atomic E-state index is 3.21. The second kappa shape index (κ2) is 7.19. The summed E-state index contributed by atoms with van der Waals surface area (Å²) < 4.78 is 0. The quantitative estimate of drug-likeness (QED) is 0.712. The van der Waals surface area contributed by atoms with Crippen molar-refractivity contribution in [2.45, 2.75) is 6.04 Å². The fraction of sp³-hybridized carbons (Fsp3) is 0.158. The Morgan fingerprint density at radius 1 is 0.700 bits per heavy atom. The van der Waals surface area contributed by atoms with Crippen molar-refractivity contribution < 1.29 is 0 Å². The molecule has 2 rings (SSSR count). The van der Waals surface area contributed by atoms with Crippen molar-refractivity contribution in [3.8, 4) is 23.7 Å². The summed E-state index contributed by atoms with van der Waals surface area (Å²) in [6.07, 6.45) is 0. The lowest BCUT2D eigenvalue weighted by atomic mass is 10.2. The van der Waals surface area contributed by atoms with Gasteiger partial charge in [-0.3, -0.25) is 4.90 Å². The van der Waals surface area contributed by atoms with Crippen molar-refractivity contribution in [3.05, 3.63) is 71.8 Å². The molecule has 0 radical (unpaired) electrons. The van der Waals surface area contributed by atoms with Gasteiger partial charge in [0.1, 0.15) is 6.04 Å². The molecule has 0 spiro atoms. The van der Waals surface area contributed by atoms with E-state index < -0.39 is 0 Å². The van der Waals surface area contributed by atoms with E-state index in [1.807, 2.05) is 79.7 Å². The van der Waals surface area contributed by atoms with Crippen molar-refractivity contribution in [1.29, 1.82) is 0 Å². The predicted molar refractivity (Wildman–Crippen MR) is 84.1 cm³/mol. The van der Waals surface area contributed by atoms with Crippen LogP contribution in [-0.2, 0) is 0 Å². The first-order valence-corrected chi connectivity index (χ1v) is 6.55. The van der Waals surface area contributed by atoms with Crippen LogP contribution in [-0.4, -0.2) is 25.0 Å². The lowest BCUT2D eigenvalue weighted by Gasteiger charge is -2.12. The van der Waals surface area contributed by atoms with E-state index in [9.17, 15) is 0 Å². The minimum atomic E-state index is -0.0737. The highest BCUT2D eigenvalue weighted by Crippen LogP contribution is 1.99. The third-order valence-corrected chi connectivity index (χ3v) is 2.77. The molecule has 98 valence electrons. The zero-order valence-corrected chi connectivity index (χ0v) is 11.8. The average molecular weight is 259 g/mol. The van der Waals surface area contributed by atoms with Crippen molar-refractivity contribution in [2.24, 2.45) is 0 Å². The van der Waals surface area contributed by atoms with Crippen molar-refractivity contribution >= 4 is 0 Å². The largest absolute Gasteiger partial charge is 0.286 e. The minimum Gasteiger partial charge on any atom is -0.286 e. The Labute approximate surface area is 121 Å². The van der Waals surface area contributed by atoms with Crippen molar-refractivity contribution in [3.63, 3.8) is 0 Å². The fourth-order valence-corrected chi connectivity index (χ4v) is 1.64. The van der Waals surface area contributed by atoms with Gasteiger partial charge < -0.3 is 0 Å². The smallest absolute Gasteiger partial charge is 0.134 e. The molecule has 20 heavy (non-hydrogen) atoms. The standard InChI is InChI=1S/C19H17N/c1-20(2)19(15-13-17-9-5-3-6-10-17)16-14-18-11-7-4-8-12-18/h3-12,19H,1-2H3. The van der Waals surface area contributed by atoms with Crippen LogP contribution in [0.3, 0.4) is 0 Å². The maximum absolute atomic E-state index is 3.21. The van der Waals surface area contributed by atoms with E-state index in [0.717, 1.165) is 11.1 Å². The predicted octanol–water partition coefficient (Wildman–Crippen LogP) is 3.02. The molecule has 0 saturated carbocycles. The molecule has 0 aliphatic rings. The second-order valence-electron chi connectivity index (χ2n) is 4.64. The molecule has 0 aromatic heterocycles. The van der Waals surface area contributed by atoms with Gasteiger partial charge in [-0.15, -0.1) is 0 Å². The Bertz CT molecular complexity index is 591. The van der Waals surface area contributed by atoms with Gasteiger partial charge in [-0.05, 0) is 38.4 Å². The molecule has 1 heteroatoms. The van der Waals surface area contributed by atoms with Gasteiger partial charge in [0.05, 0.1) is 0 Å². The number of hydrogen-bond donors (Lipinski definition) is 0. The molecule has 0 aliphatic carbocycles. The Morgan fingerprint density at radius 2 is 1.10 bits per heavy atom. The van der Waals surface area contributed by atoms with Crippen LogP contribution in [0.25, 0.3) is 0 Å². The third kappa shape index (κ3) is 4.32. The van der Waals surface area contributed by atoms with E-state index in [1.165, 1.54) is 0 Å². The van der Waals surface area contributed by atoms with Gasteiger partial charge >= 0.3 is 0 Å². The number of rotatable bonds is 1. The van der Waals surface area contributed by atoms with E-state index in [0.29, 0.717) is 0 Å².